The molecule has 0 fully saturated rings. The van der Waals surface area contributed by atoms with E-state index in [9.17, 15) is 4.79 Å². The third kappa shape index (κ3) is 3.93. The van der Waals surface area contributed by atoms with Gasteiger partial charge in [0.15, 0.2) is 5.69 Å². The average molecular weight is 209 g/mol. The second-order valence-corrected chi connectivity index (χ2v) is 4.51. The Morgan fingerprint density at radius 1 is 1.47 bits per heavy atom. The highest BCUT2D eigenvalue weighted by Crippen LogP contribution is 2.13. The zero-order valence-electron chi connectivity index (χ0n) is 9.11. The summed E-state index contributed by atoms with van der Waals surface area (Å²) in [6.07, 6.45) is 2.74. The van der Waals surface area contributed by atoms with Gasteiger partial charge in [0.25, 0.3) is 0 Å². The number of rotatable bonds is 3. The molecule has 0 saturated heterocycles. The fraction of sp³-hybridized carbons (Fsp3) is 0.500. The molecule has 0 unspecified atom stereocenters. The number of anilines is 1. The first-order valence-corrected chi connectivity index (χ1v) is 4.68. The van der Waals surface area contributed by atoms with Crippen LogP contribution in [0.4, 0.5) is 5.82 Å². The molecule has 0 aromatic carbocycles. The summed E-state index contributed by atoms with van der Waals surface area (Å²) in [6.45, 7) is 6.95. The molecular weight excluding hydrogens is 194 g/mol. The highest BCUT2D eigenvalue weighted by atomic mass is 16.4. The number of nitrogens with zero attached hydrogens (tertiary/aromatic N) is 2. The Morgan fingerprint density at radius 3 is 2.67 bits per heavy atom. The quantitative estimate of drug-likeness (QED) is 0.791. The Labute approximate surface area is 88.6 Å². The second kappa shape index (κ2) is 4.25. The number of nitrogens with one attached hydrogen (secondary N) is 1. The summed E-state index contributed by atoms with van der Waals surface area (Å²) in [4.78, 5) is 18.3. The number of aromatic nitrogens is 2. The van der Waals surface area contributed by atoms with Gasteiger partial charge in [0.2, 0.25) is 0 Å². The van der Waals surface area contributed by atoms with Crippen molar-refractivity contribution < 1.29 is 9.90 Å². The van der Waals surface area contributed by atoms with E-state index in [-0.39, 0.29) is 11.1 Å². The Hall–Kier alpha value is -1.65. The zero-order valence-corrected chi connectivity index (χ0v) is 9.11. The molecule has 0 aliphatic carbocycles. The van der Waals surface area contributed by atoms with Gasteiger partial charge in [-0.25, -0.2) is 9.78 Å². The maximum atomic E-state index is 10.6. The zero-order chi connectivity index (χ0) is 11.5. The molecule has 0 aliphatic heterocycles. The summed E-state index contributed by atoms with van der Waals surface area (Å²) >= 11 is 0. The predicted octanol–water partition coefficient (Wildman–Crippen LogP) is 1.63. The maximum absolute atomic E-state index is 10.6. The van der Waals surface area contributed by atoms with Gasteiger partial charge in [-0.15, -0.1) is 0 Å². The first-order chi connectivity index (χ1) is 6.88. The standard InChI is InChI=1S/C10H15N3O2/c1-10(2,3)6-12-8-5-11-4-7(13-8)9(14)15/h4-5H,6H2,1-3H3,(H,12,13)(H,14,15). The molecule has 0 atom stereocenters. The van der Waals surface area contributed by atoms with E-state index < -0.39 is 5.97 Å². The van der Waals surface area contributed by atoms with Gasteiger partial charge in [0.1, 0.15) is 5.82 Å². The molecule has 1 aromatic heterocycles. The number of aromatic carboxylic acids is 1. The number of carboxylic acid groups (broad SMARTS) is 1. The Balaban J connectivity index is 2.70. The Kier molecular flexibility index (Phi) is 3.24. The lowest BCUT2D eigenvalue weighted by atomic mass is 9.97. The lowest BCUT2D eigenvalue weighted by Gasteiger charge is -2.18. The largest absolute Gasteiger partial charge is 0.476 e. The monoisotopic (exact) mass is 209 g/mol. The van der Waals surface area contributed by atoms with Crippen LogP contribution in [0.2, 0.25) is 0 Å². The van der Waals surface area contributed by atoms with Crippen LogP contribution in [-0.2, 0) is 0 Å². The van der Waals surface area contributed by atoms with Crippen LogP contribution in [0.15, 0.2) is 12.4 Å². The highest BCUT2D eigenvalue weighted by Gasteiger charge is 2.11. The van der Waals surface area contributed by atoms with Crippen molar-refractivity contribution in [1.29, 1.82) is 0 Å². The van der Waals surface area contributed by atoms with Crippen LogP contribution < -0.4 is 5.32 Å². The van der Waals surface area contributed by atoms with E-state index in [0.29, 0.717) is 12.4 Å². The lowest BCUT2D eigenvalue weighted by Crippen LogP contribution is -2.20. The van der Waals surface area contributed by atoms with Gasteiger partial charge in [0, 0.05) is 6.54 Å². The number of hydrogen-bond donors (Lipinski definition) is 2. The van der Waals surface area contributed by atoms with Crippen LogP contribution in [-0.4, -0.2) is 27.6 Å². The topological polar surface area (TPSA) is 75.1 Å². The minimum Gasteiger partial charge on any atom is -0.476 e. The highest BCUT2D eigenvalue weighted by molar-refractivity contribution is 5.85. The van der Waals surface area contributed by atoms with Crippen LogP contribution in [0, 0.1) is 5.41 Å². The van der Waals surface area contributed by atoms with Crippen LogP contribution in [0.25, 0.3) is 0 Å². The molecule has 1 aromatic rings. The van der Waals surface area contributed by atoms with Crippen LogP contribution >= 0.6 is 0 Å². The molecule has 0 bridgehead atoms. The van der Waals surface area contributed by atoms with Crippen molar-refractivity contribution in [1.82, 2.24) is 9.97 Å². The maximum Gasteiger partial charge on any atom is 0.356 e. The Bertz CT molecular complexity index is 358. The van der Waals surface area contributed by atoms with E-state index in [1.165, 1.54) is 12.4 Å². The fourth-order valence-corrected chi connectivity index (χ4v) is 0.910. The average Bonchev–Trinajstić information content (AvgIpc) is 2.14. The normalized spacial score (nSPS) is 11.1. The summed E-state index contributed by atoms with van der Waals surface area (Å²) < 4.78 is 0. The fourth-order valence-electron chi connectivity index (χ4n) is 0.910. The molecule has 0 amide bonds. The molecule has 0 saturated carbocycles. The Morgan fingerprint density at radius 2 is 2.13 bits per heavy atom. The van der Waals surface area contributed by atoms with Crippen molar-refractivity contribution in [2.24, 2.45) is 5.41 Å². The molecule has 15 heavy (non-hydrogen) atoms. The van der Waals surface area contributed by atoms with Crippen molar-refractivity contribution in [3.8, 4) is 0 Å². The third-order valence-corrected chi connectivity index (χ3v) is 1.65. The molecule has 2 N–H and O–H groups in total. The van der Waals surface area contributed by atoms with E-state index in [0.717, 1.165) is 0 Å². The minimum atomic E-state index is -1.07. The molecule has 0 spiro atoms. The van der Waals surface area contributed by atoms with Gasteiger partial charge in [-0.1, -0.05) is 20.8 Å². The van der Waals surface area contributed by atoms with Gasteiger partial charge in [-0.05, 0) is 5.41 Å². The molecule has 1 heterocycles. The molecule has 0 aliphatic rings. The van der Waals surface area contributed by atoms with Crippen molar-refractivity contribution in [3.05, 3.63) is 18.1 Å². The van der Waals surface area contributed by atoms with Gasteiger partial charge >= 0.3 is 5.97 Å². The van der Waals surface area contributed by atoms with Crippen LogP contribution in [0.3, 0.4) is 0 Å². The first-order valence-electron chi connectivity index (χ1n) is 4.68. The molecule has 5 heteroatoms. The summed E-state index contributed by atoms with van der Waals surface area (Å²) in [7, 11) is 0. The predicted molar refractivity (Wildman–Crippen MR) is 56.9 cm³/mol. The van der Waals surface area contributed by atoms with E-state index >= 15 is 0 Å². The van der Waals surface area contributed by atoms with E-state index in [1.54, 1.807) is 0 Å². The number of carbonyl (C=O) groups is 1. The summed E-state index contributed by atoms with van der Waals surface area (Å²) in [5, 5.41) is 11.7. The summed E-state index contributed by atoms with van der Waals surface area (Å²) in [5.74, 6) is -0.577. The van der Waals surface area contributed by atoms with Gasteiger partial charge < -0.3 is 10.4 Å². The third-order valence-electron chi connectivity index (χ3n) is 1.65. The van der Waals surface area contributed by atoms with Crippen molar-refractivity contribution in [3.63, 3.8) is 0 Å². The van der Waals surface area contributed by atoms with E-state index in [4.69, 9.17) is 5.11 Å². The van der Waals surface area contributed by atoms with Crippen molar-refractivity contribution >= 4 is 11.8 Å². The first kappa shape index (κ1) is 11.4. The van der Waals surface area contributed by atoms with Crippen LogP contribution in [0.1, 0.15) is 31.3 Å². The number of carboxylic acids is 1. The van der Waals surface area contributed by atoms with Gasteiger partial charge in [0.05, 0.1) is 12.4 Å². The molecule has 5 nitrogen and oxygen atoms in total. The van der Waals surface area contributed by atoms with Crippen LogP contribution in [0.5, 0.6) is 0 Å². The van der Waals surface area contributed by atoms with Gasteiger partial charge in [-0.2, -0.15) is 0 Å². The molecule has 1 rings (SSSR count). The lowest BCUT2D eigenvalue weighted by molar-refractivity contribution is 0.0690. The number of hydrogen-bond acceptors (Lipinski definition) is 4. The summed E-state index contributed by atoms with van der Waals surface area (Å²) in [5.41, 5.74) is 0.0647. The summed E-state index contributed by atoms with van der Waals surface area (Å²) in [6, 6.07) is 0. The van der Waals surface area contributed by atoms with Gasteiger partial charge in [-0.3, -0.25) is 4.98 Å². The van der Waals surface area contributed by atoms with Crippen molar-refractivity contribution in [2.45, 2.75) is 20.8 Å². The second-order valence-electron chi connectivity index (χ2n) is 4.51. The van der Waals surface area contributed by atoms with Crippen molar-refractivity contribution in [2.75, 3.05) is 11.9 Å². The minimum absolute atomic E-state index is 0.0473. The molecule has 0 radical (unpaired) electrons. The molecule has 82 valence electrons. The smallest absolute Gasteiger partial charge is 0.356 e. The molecular formula is C10H15N3O2. The van der Waals surface area contributed by atoms with E-state index in [2.05, 4.69) is 36.1 Å². The van der Waals surface area contributed by atoms with E-state index in [1.807, 2.05) is 0 Å². The SMILES string of the molecule is CC(C)(C)CNc1cncc(C(=O)O)n1.